The van der Waals surface area contributed by atoms with Crippen molar-refractivity contribution >= 4 is 24.0 Å². The van der Waals surface area contributed by atoms with Gasteiger partial charge in [-0.25, -0.2) is 9.69 Å². The van der Waals surface area contributed by atoms with E-state index in [1.165, 1.54) is 12.1 Å². The quantitative estimate of drug-likeness (QED) is 0.453. The molecule has 0 spiro atoms. The van der Waals surface area contributed by atoms with Crippen LogP contribution < -0.4 is 0 Å². The number of benzene rings is 1. The van der Waals surface area contributed by atoms with E-state index in [0.717, 1.165) is 10.5 Å². The lowest BCUT2D eigenvalue weighted by Crippen LogP contribution is -2.43. The van der Waals surface area contributed by atoms with Gasteiger partial charge in [-0.2, -0.15) is 0 Å². The summed E-state index contributed by atoms with van der Waals surface area (Å²) in [6, 6.07) is 5.51. The number of ether oxygens (including phenoxy) is 1. The van der Waals surface area contributed by atoms with Gasteiger partial charge in [0.05, 0.1) is 4.92 Å². The van der Waals surface area contributed by atoms with E-state index in [-0.39, 0.29) is 12.1 Å². The third-order valence-corrected chi connectivity index (χ3v) is 4.10. The van der Waals surface area contributed by atoms with E-state index < -0.39 is 34.5 Å². The van der Waals surface area contributed by atoms with Crippen molar-refractivity contribution in [3.05, 3.63) is 39.9 Å². The molecule has 8 heteroatoms. The molecule has 2 rings (SSSR count). The summed E-state index contributed by atoms with van der Waals surface area (Å²) in [5.41, 5.74) is -0.0225. The number of imide groups is 1. The van der Waals surface area contributed by atoms with E-state index in [0.29, 0.717) is 19.1 Å². The van der Waals surface area contributed by atoms with Crippen LogP contribution in [-0.4, -0.2) is 39.8 Å². The van der Waals surface area contributed by atoms with Gasteiger partial charge in [0, 0.05) is 30.5 Å². The first-order valence-corrected chi connectivity index (χ1v) is 8.35. The zero-order valence-corrected chi connectivity index (χ0v) is 15.0. The number of aldehydes is 1. The van der Waals surface area contributed by atoms with Crippen LogP contribution in [0.2, 0.25) is 0 Å². The van der Waals surface area contributed by atoms with E-state index in [1.54, 1.807) is 32.9 Å². The van der Waals surface area contributed by atoms with Crippen LogP contribution in [0.3, 0.4) is 0 Å². The molecule has 140 valence electrons. The van der Waals surface area contributed by atoms with Gasteiger partial charge in [-0.1, -0.05) is 12.1 Å². The van der Waals surface area contributed by atoms with Gasteiger partial charge in [0.15, 0.2) is 0 Å². The molecule has 0 radical (unpaired) electrons. The Morgan fingerprint density at radius 2 is 1.96 bits per heavy atom. The molecule has 1 aromatic carbocycles. The smallest absolute Gasteiger partial charge is 0.417 e. The summed E-state index contributed by atoms with van der Waals surface area (Å²) in [6.07, 6.45) is 0.688. The number of hydrogen-bond donors (Lipinski definition) is 0. The second-order valence-electron chi connectivity index (χ2n) is 7.31. The summed E-state index contributed by atoms with van der Waals surface area (Å²) >= 11 is 0. The van der Waals surface area contributed by atoms with E-state index in [1.807, 2.05) is 0 Å². The number of hydrogen-bond acceptors (Lipinski definition) is 6. The molecule has 0 aliphatic carbocycles. The Kier molecular flexibility index (Phi) is 5.74. The second-order valence-corrected chi connectivity index (χ2v) is 7.31. The molecule has 0 aromatic heterocycles. The van der Waals surface area contributed by atoms with Crippen LogP contribution in [-0.2, 0) is 20.7 Å². The molecular weight excluding hydrogens is 340 g/mol. The lowest BCUT2D eigenvalue weighted by molar-refractivity contribution is -0.384. The standard InChI is InChI=1S/C18H22N2O6/c1-18(2,3)26-17(23)19-15(11-13(8-9-21)16(19)22)10-12-4-6-14(7-5-12)20(24)25/h4-7,9,13,15H,8,10-11H2,1-3H3. The van der Waals surface area contributed by atoms with E-state index in [4.69, 9.17) is 4.74 Å². The summed E-state index contributed by atoms with van der Waals surface area (Å²) in [4.78, 5) is 47.2. The highest BCUT2D eigenvalue weighted by Crippen LogP contribution is 2.31. The Hall–Kier alpha value is -2.77. The second kappa shape index (κ2) is 7.63. The van der Waals surface area contributed by atoms with Crippen LogP contribution in [0.1, 0.15) is 39.2 Å². The molecule has 2 atom stereocenters. The number of likely N-dealkylation sites (tertiary alicyclic amines) is 1. The molecule has 1 aliphatic heterocycles. The molecule has 1 saturated heterocycles. The summed E-state index contributed by atoms with van der Waals surface area (Å²) in [5, 5.41) is 10.7. The molecule has 1 aromatic rings. The van der Waals surface area contributed by atoms with Crippen molar-refractivity contribution in [2.45, 2.75) is 51.7 Å². The third-order valence-electron chi connectivity index (χ3n) is 4.10. The van der Waals surface area contributed by atoms with Gasteiger partial charge in [-0.05, 0) is 39.2 Å². The van der Waals surface area contributed by atoms with Crippen LogP contribution in [0.15, 0.2) is 24.3 Å². The average molecular weight is 362 g/mol. The maximum atomic E-state index is 12.5. The van der Waals surface area contributed by atoms with Crippen LogP contribution in [0.25, 0.3) is 0 Å². The molecule has 0 bridgehead atoms. The predicted molar refractivity (Wildman–Crippen MR) is 92.5 cm³/mol. The van der Waals surface area contributed by atoms with Crippen molar-refractivity contribution in [2.75, 3.05) is 0 Å². The van der Waals surface area contributed by atoms with Crippen molar-refractivity contribution in [3.8, 4) is 0 Å². The predicted octanol–water partition coefficient (Wildman–Crippen LogP) is 2.88. The number of rotatable bonds is 5. The fourth-order valence-electron chi connectivity index (χ4n) is 2.98. The molecule has 1 heterocycles. The topological polar surface area (TPSA) is 107 Å². The first-order valence-electron chi connectivity index (χ1n) is 8.35. The van der Waals surface area contributed by atoms with Gasteiger partial charge in [0.25, 0.3) is 5.69 Å². The summed E-state index contributed by atoms with van der Waals surface area (Å²) in [6.45, 7) is 5.12. The monoisotopic (exact) mass is 362 g/mol. The minimum Gasteiger partial charge on any atom is -0.443 e. The highest BCUT2D eigenvalue weighted by atomic mass is 16.6. The Morgan fingerprint density at radius 1 is 1.35 bits per heavy atom. The van der Waals surface area contributed by atoms with Crippen molar-refractivity contribution in [1.82, 2.24) is 4.90 Å². The fourth-order valence-corrected chi connectivity index (χ4v) is 2.98. The van der Waals surface area contributed by atoms with Crippen LogP contribution in [0, 0.1) is 16.0 Å². The van der Waals surface area contributed by atoms with Gasteiger partial charge < -0.3 is 9.53 Å². The van der Waals surface area contributed by atoms with Crippen LogP contribution in [0.5, 0.6) is 0 Å². The normalized spacial score (nSPS) is 20.1. The van der Waals surface area contributed by atoms with Gasteiger partial charge in [0.2, 0.25) is 5.91 Å². The third kappa shape index (κ3) is 4.65. The largest absolute Gasteiger partial charge is 0.443 e. The van der Waals surface area contributed by atoms with E-state index in [2.05, 4.69) is 0 Å². The number of non-ortho nitro benzene ring substituents is 1. The molecule has 1 aliphatic rings. The highest BCUT2D eigenvalue weighted by molar-refractivity contribution is 5.96. The number of nitrogens with zero attached hydrogens (tertiary/aromatic N) is 2. The number of carbonyl (C=O) groups is 3. The van der Waals surface area contributed by atoms with Crippen molar-refractivity contribution in [1.29, 1.82) is 0 Å². The Labute approximate surface area is 151 Å². The van der Waals surface area contributed by atoms with Crippen molar-refractivity contribution < 1.29 is 24.0 Å². The zero-order valence-electron chi connectivity index (χ0n) is 15.0. The Morgan fingerprint density at radius 3 is 2.46 bits per heavy atom. The number of nitro benzene ring substituents is 1. The average Bonchev–Trinajstić information content (AvgIpc) is 2.82. The van der Waals surface area contributed by atoms with Gasteiger partial charge in [-0.3, -0.25) is 14.9 Å². The van der Waals surface area contributed by atoms with Crippen LogP contribution >= 0.6 is 0 Å². The van der Waals surface area contributed by atoms with Gasteiger partial charge in [-0.15, -0.1) is 0 Å². The fraction of sp³-hybridized carbons (Fsp3) is 0.500. The minimum atomic E-state index is -0.752. The van der Waals surface area contributed by atoms with Crippen molar-refractivity contribution in [2.24, 2.45) is 5.92 Å². The molecule has 2 amide bonds. The van der Waals surface area contributed by atoms with Crippen molar-refractivity contribution in [3.63, 3.8) is 0 Å². The SMILES string of the molecule is CC(C)(C)OC(=O)N1C(=O)C(CC=O)CC1Cc1ccc([N+](=O)[O-])cc1. The molecule has 1 fully saturated rings. The van der Waals surface area contributed by atoms with Crippen LogP contribution in [0.4, 0.5) is 10.5 Å². The molecular formula is C18H22N2O6. The molecule has 8 nitrogen and oxygen atoms in total. The molecule has 2 unspecified atom stereocenters. The number of nitro groups is 1. The van der Waals surface area contributed by atoms with Gasteiger partial charge in [0.1, 0.15) is 11.9 Å². The van der Waals surface area contributed by atoms with E-state index >= 15 is 0 Å². The maximum absolute atomic E-state index is 12.5. The first-order chi connectivity index (χ1) is 12.1. The lowest BCUT2D eigenvalue weighted by Gasteiger charge is -2.27. The van der Waals surface area contributed by atoms with Gasteiger partial charge >= 0.3 is 6.09 Å². The highest BCUT2D eigenvalue weighted by Gasteiger charge is 2.44. The summed E-state index contributed by atoms with van der Waals surface area (Å²) < 4.78 is 5.33. The Bertz CT molecular complexity index is 707. The zero-order chi connectivity index (χ0) is 19.5. The summed E-state index contributed by atoms with van der Waals surface area (Å²) in [7, 11) is 0. The maximum Gasteiger partial charge on any atom is 0.417 e. The van der Waals surface area contributed by atoms with E-state index in [9.17, 15) is 24.5 Å². The lowest BCUT2D eigenvalue weighted by atomic mass is 9.98. The molecule has 26 heavy (non-hydrogen) atoms. The first kappa shape index (κ1) is 19.6. The number of carbonyl (C=O) groups excluding carboxylic acids is 3. The molecule has 0 N–H and O–H groups in total. The number of amides is 2. The summed E-state index contributed by atoms with van der Waals surface area (Å²) in [5.74, 6) is -0.971. The Balaban J connectivity index is 2.21. The molecule has 0 saturated carbocycles. The minimum absolute atomic E-state index is 0.0286.